The highest BCUT2D eigenvalue weighted by molar-refractivity contribution is 5.84. The summed E-state index contributed by atoms with van der Waals surface area (Å²) in [4.78, 5) is 33.1. The standard InChI is InChI=1S/C11H18N2O4/c1-6-5-8(6)10(15)12-4-3-9(14)13-7(2)11(16)17/h6-8H,3-5H2,1-2H3,(H,12,15)(H,13,14)(H,16,17)/t6?,7-,8?/m0/s1. The van der Waals surface area contributed by atoms with Crippen LogP contribution in [0.4, 0.5) is 0 Å². The van der Waals surface area contributed by atoms with Crippen molar-refractivity contribution in [3.05, 3.63) is 0 Å². The first-order chi connectivity index (χ1) is 7.91. The predicted octanol–water partition coefficient (Wildman–Crippen LogP) is -0.262. The van der Waals surface area contributed by atoms with E-state index in [2.05, 4.69) is 10.6 Å². The third-order valence-electron chi connectivity index (χ3n) is 2.85. The van der Waals surface area contributed by atoms with E-state index in [1.807, 2.05) is 6.92 Å². The van der Waals surface area contributed by atoms with Crippen molar-refractivity contribution in [3.8, 4) is 0 Å². The average Bonchev–Trinajstić information content (AvgIpc) is 2.95. The van der Waals surface area contributed by atoms with E-state index >= 15 is 0 Å². The molecule has 3 atom stereocenters. The molecule has 1 fully saturated rings. The number of carboxylic acid groups (broad SMARTS) is 1. The molecule has 1 aliphatic carbocycles. The summed E-state index contributed by atoms with van der Waals surface area (Å²) in [5.74, 6) is -0.929. The summed E-state index contributed by atoms with van der Waals surface area (Å²) in [6.45, 7) is 3.65. The SMILES string of the molecule is CC1CC1C(=O)NCCC(=O)N[C@@H](C)C(=O)O. The molecule has 2 amide bonds. The number of amides is 2. The smallest absolute Gasteiger partial charge is 0.325 e. The molecule has 96 valence electrons. The van der Waals surface area contributed by atoms with Crippen LogP contribution >= 0.6 is 0 Å². The average molecular weight is 242 g/mol. The summed E-state index contributed by atoms with van der Waals surface area (Å²) < 4.78 is 0. The number of aliphatic carboxylic acids is 1. The van der Waals surface area contributed by atoms with Crippen LogP contribution < -0.4 is 10.6 Å². The summed E-state index contributed by atoms with van der Waals surface area (Å²) >= 11 is 0. The third kappa shape index (κ3) is 4.42. The number of carbonyl (C=O) groups is 3. The van der Waals surface area contributed by atoms with Gasteiger partial charge in [0.2, 0.25) is 11.8 Å². The van der Waals surface area contributed by atoms with Gasteiger partial charge in [0.25, 0.3) is 0 Å². The lowest BCUT2D eigenvalue weighted by molar-refractivity contribution is -0.141. The fourth-order valence-electron chi connectivity index (χ4n) is 1.49. The van der Waals surface area contributed by atoms with E-state index in [0.29, 0.717) is 5.92 Å². The molecule has 3 N–H and O–H groups in total. The lowest BCUT2D eigenvalue weighted by Crippen LogP contribution is -2.40. The maximum atomic E-state index is 11.4. The summed E-state index contributed by atoms with van der Waals surface area (Å²) in [6.07, 6.45) is 1.01. The quantitative estimate of drug-likeness (QED) is 0.598. The first-order valence-electron chi connectivity index (χ1n) is 5.71. The van der Waals surface area contributed by atoms with Crippen molar-refractivity contribution in [2.75, 3.05) is 6.54 Å². The van der Waals surface area contributed by atoms with Crippen molar-refractivity contribution in [1.82, 2.24) is 10.6 Å². The highest BCUT2D eigenvalue weighted by Gasteiger charge is 2.38. The molecule has 1 rings (SSSR count). The molecule has 0 radical (unpaired) electrons. The molecule has 0 spiro atoms. The molecule has 6 nitrogen and oxygen atoms in total. The van der Waals surface area contributed by atoms with Gasteiger partial charge >= 0.3 is 5.97 Å². The molecular formula is C11H18N2O4. The Morgan fingerprint density at radius 1 is 1.41 bits per heavy atom. The second-order valence-corrected chi connectivity index (χ2v) is 4.49. The van der Waals surface area contributed by atoms with Crippen molar-refractivity contribution >= 4 is 17.8 Å². The topological polar surface area (TPSA) is 95.5 Å². The minimum absolute atomic E-state index is 0.0171. The van der Waals surface area contributed by atoms with Crippen LogP contribution in [0.15, 0.2) is 0 Å². The Morgan fingerprint density at radius 3 is 2.47 bits per heavy atom. The molecule has 2 unspecified atom stereocenters. The number of nitrogens with one attached hydrogen (secondary N) is 2. The molecular weight excluding hydrogens is 224 g/mol. The molecule has 6 heteroatoms. The Kier molecular flexibility index (Phi) is 4.48. The van der Waals surface area contributed by atoms with Gasteiger partial charge in [-0.15, -0.1) is 0 Å². The number of hydrogen-bond acceptors (Lipinski definition) is 3. The zero-order chi connectivity index (χ0) is 13.0. The monoisotopic (exact) mass is 242 g/mol. The Bertz CT molecular complexity index is 329. The summed E-state index contributed by atoms with van der Waals surface area (Å²) in [5, 5.41) is 13.5. The van der Waals surface area contributed by atoms with E-state index < -0.39 is 12.0 Å². The van der Waals surface area contributed by atoms with Crippen LogP contribution in [0.25, 0.3) is 0 Å². The molecule has 0 aromatic rings. The summed E-state index contributed by atoms with van der Waals surface area (Å²) in [6, 6.07) is -0.901. The van der Waals surface area contributed by atoms with Crippen LogP contribution in [-0.4, -0.2) is 35.5 Å². The molecule has 0 heterocycles. The Morgan fingerprint density at radius 2 is 2.00 bits per heavy atom. The Balaban J connectivity index is 2.12. The van der Waals surface area contributed by atoms with Gasteiger partial charge in [0.05, 0.1) is 0 Å². The molecule has 1 aliphatic rings. The van der Waals surface area contributed by atoms with E-state index in [1.54, 1.807) is 0 Å². The minimum Gasteiger partial charge on any atom is -0.480 e. The second-order valence-electron chi connectivity index (χ2n) is 4.49. The van der Waals surface area contributed by atoms with Gasteiger partial charge in [-0.25, -0.2) is 0 Å². The molecule has 0 saturated heterocycles. The van der Waals surface area contributed by atoms with Gasteiger partial charge in [-0.2, -0.15) is 0 Å². The van der Waals surface area contributed by atoms with Gasteiger partial charge in [0.1, 0.15) is 6.04 Å². The van der Waals surface area contributed by atoms with E-state index in [0.717, 1.165) is 6.42 Å². The normalized spacial score (nSPS) is 23.6. The minimum atomic E-state index is -1.07. The molecule has 0 aliphatic heterocycles. The van der Waals surface area contributed by atoms with Gasteiger partial charge in [-0.3, -0.25) is 14.4 Å². The molecule has 0 aromatic carbocycles. The number of carbonyl (C=O) groups excluding carboxylic acids is 2. The number of rotatable bonds is 6. The van der Waals surface area contributed by atoms with E-state index in [-0.39, 0.29) is 30.7 Å². The van der Waals surface area contributed by atoms with Crippen molar-refractivity contribution in [1.29, 1.82) is 0 Å². The lowest BCUT2D eigenvalue weighted by atomic mass is 10.3. The lowest BCUT2D eigenvalue weighted by Gasteiger charge is -2.09. The maximum absolute atomic E-state index is 11.4. The number of hydrogen-bond donors (Lipinski definition) is 3. The largest absolute Gasteiger partial charge is 0.480 e. The first kappa shape index (κ1) is 13.5. The maximum Gasteiger partial charge on any atom is 0.325 e. The summed E-state index contributed by atoms with van der Waals surface area (Å²) in [7, 11) is 0. The fourth-order valence-corrected chi connectivity index (χ4v) is 1.49. The Hall–Kier alpha value is -1.59. The first-order valence-corrected chi connectivity index (χ1v) is 5.71. The highest BCUT2D eigenvalue weighted by Crippen LogP contribution is 2.37. The predicted molar refractivity (Wildman–Crippen MR) is 60.1 cm³/mol. The highest BCUT2D eigenvalue weighted by atomic mass is 16.4. The van der Waals surface area contributed by atoms with Gasteiger partial charge in [0.15, 0.2) is 0 Å². The van der Waals surface area contributed by atoms with E-state index in [1.165, 1.54) is 6.92 Å². The third-order valence-corrected chi connectivity index (χ3v) is 2.85. The Labute approximate surface area is 99.8 Å². The fraction of sp³-hybridized carbons (Fsp3) is 0.727. The van der Waals surface area contributed by atoms with Gasteiger partial charge in [-0.05, 0) is 19.3 Å². The zero-order valence-electron chi connectivity index (χ0n) is 10.0. The van der Waals surface area contributed by atoms with Crippen LogP contribution in [-0.2, 0) is 14.4 Å². The summed E-state index contributed by atoms with van der Waals surface area (Å²) in [5.41, 5.74) is 0. The molecule has 1 saturated carbocycles. The van der Waals surface area contributed by atoms with Crippen LogP contribution in [0.5, 0.6) is 0 Å². The van der Waals surface area contributed by atoms with Gasteiger partial charge in [-0.1, -0.05) is 6.92 Å². The van der Waals surface area contributed by atoms with Crippen molar-refractivity contribution < 1.29 is 19.5 Å². The van der Waals surface area contributed by atoms with E-state index in [9.17, 15) is 14.4 Å². The van der Waals surface area contributed by atoms with Crippen LogP contribution in [0, 0.1) is 11.8 Å². The zero-order valence-corrected chi connectivity index (χ0v) is 10.0. The van der Waals surface area contributed by atoms with Crippen LogP contribution in [0.1, 0.15) is 26.7 Å². The molecule has 0 aromatic heterocycles. The van der Waals surface area contributed by atoms with Crippen molar-refractivity contribution in [3.63, 3.8) is 0 Å². The number of carboxylic acids is 1. The van der Waals surface area contributed by atoms with Crippen LogP contribution in [0.3, 0.4) is 0 Å². The second kappa shape index (κ2) is 5.65. The molecule has 0 bridgehead atoms. The van der Waals surface area contributed by atoms with Crippen molar-refractivity contribution in [2.24, 2.45) is 11.8 Å². The van der Waals surface area contributed by atoms with Crippen LogP contribution in [0.2, 0.25) is 0 Å². The van der Waals surface area contributed by atoms with E-state index in [4.69, 9.17) is 5.11 Å². The van der Waals surface area contributed by atoms with Crippen molar-refractivity contribution in [2.45, 2.75) is 32.7 Å². The van der Waals surface area contributed by atoms with Gasteiger partial charge in [0, 0.05) is 18.9 Å². The van der Waals surface area contributed by atoms with Gasteiger partial charge < -0.3 is 15.7 Å². The molecule has 17 heavy (non-hydrogen) atoms.